The second-order valence-electron chi connectivity index (χ2n) is 5.00. The molecule has 1 aromatic heterocycles. The molecule has 2 N–H and O–H groups in total. The number of fused-ring (bicyclic) bond motifs is 1. The van der Waals surface area contributed by atoms with Gasteiger partial charge in [0, 0.05) is 30.8 Å². The molecule has 0 atom stereocenters. The SMILES string of the molecule is Cc1ccc(-c2nc3cc(F)c(F)cc3n2CCN)cc1. The molecule has 0 fully saturated rings. The van der Waals surface area contributed by atoms with Gasteiger partial charge in [0.2, 0.25) is 0 Å². The molecule has 0 saturated carbocycles. The topological polar surface area (TPSA) is 43.8 Å². The highest BCUT2D eigenvalue weighted by atomic mass is 19.2. The first-order valence-electron chi connectivity index (χ1n) is 6.72. The minimum absolute atomic E-state index is 0.392. The summed E-state index contributed by atoms with van der Waals surface area (Å²) in [6.07, 6.45) is 0. The number of imidazole rings is 1. The number of aromatic nitrogens is 2. The zero-order valence-electron chi connectivity index (χ0n) is 11.6. The van der Waals surface area contributed by atoms with Crippen LogP contribution >= 0.6 is 0 Å². The number of nitrogens with two attached hydrogens (primary N) is 1. The van der Waals surface area contributed by atoms with Gasteiger partial charge >= 0.3 is 0 Å². The summed E-state index contributed by atoms with van der Waals surface area (Å²) >= 11 is 0. The van der Waals surface area contributed by atoms with Crippen LogP contribution in [0.1, 0.15) is 5.56 Å². The van der Waals surface area contributed by atoms with Gasteiger partial charge in [0.1, 0.15) is 5.82 Å². The van der Waals surface area contributed by atoms with E-state index in [2.05, 4.69) is 4.98 Å². The highest BCUT2D eigenvalue weighted by molar-refractivity contribution is 5.81. The second kappa shape index (κ2) is 5.26. The molecule has 3 nitrogen and oxygen atoms in total. The molecule has 0 saturated heterocycles. The van der Waals surface area contributed by atoms with Crippen molar-refractivity contribution in [3.63, 3.8) is 0 Å². The van der Waals surface area contributed by atoms with E-state index in [0.717, 1.165) is 17.2 Å². The normalized spacial score (nSPS) is 11.2. The Balaban J connectivity index is 2.25. The van der Waals surface area contributed by atoms with E-state index in [1.54, 1.807) is 0 Å². The first-order chi connectivity index (χ1) is 10.1. The van der Waals surface area contributed by atoms with Crippen LogP contribution in [0.25, 0.3) is 22.4 Å². The fourth-order valence-electron chi connectivity index (χ4n) is 2.40. The van der Waals surface area contributed by atoms with Crippen molar-refractivity contribution in [1.29, 1.82) is 0 Å². The van der Waals surface area contributed by atoms with Crippen LogP contribution < -0.4 is 5.73 Å². The lowest BCUT2D eigenvalue weighted by Gasteiger charge is -2.08. The molecule has 0 radical (unpaired) electrons. The molecule has 108 valence electrons. The lowest BCUT2D eigenvalue weighted by molar-refractivity contribution is 0.510. The Kier molecular flexibility index (Phi) is 3.43. The zero-order valence-corrected chi connectivity index (χ0v) is 11.6. The van der Waals surface area contributed by atoms with Crippen molar-refractivity contribution in [2.45, 2.75) is 13.5 Å². The summed E-state index contributed by atoms with van der Waals surface area (Å²) in [6.45, 7) is 2.88. The Morgan fingerprint density at radius 2 is 1.76 bits per heavy atom. The third kappa shape index (κ3) is 2.40. The van der Waals surface area contributed by atoms with Gasteiger partial charge in [0.05, 0.1) is 11.0 Å². The molecule has 0 amide bonds. The van der Waals surface area contributed by atoms with Crippen molar-refractivity contribution in [2.24, 2.45) is 5.73 Å². The van der Waals surface area contributed by atoms with Crippen molar-refractivity contribution in [3.05, 3.63) is 53.6 Å². The lowest BCUT2D eigenvalue weighted by Crippen LogP contribution is -2.11. The van der Waals surface area contributed by atoms with Crippen LogP contribution in [-0.4, -0.2) is 16.1 Å². The van der Waals surface area contributed by atoms with E-state index < -0.39 is 11.6 Å². The van der Waals surface area contributed by atoms with Crippen molar-refractivity contribution in [1.82, 2.24) is 9.55 Å². The fraction of sp³-hybridized carbons (Fsp3) is 0.188. The number of aryl methyl sites for hydroxylation is 1. The molecule has 5 heteroatoms. The van der Waals surface area contributed by atoms with E-state index in [-0.39, 0.29) is 0 Å². The van der Waals surface area contributed by atoms with Crippen LogP contribution in [0.3, 0.4) is 0 Å². The van der Waals surface area contributed by atoms with Gasteiger partial charge in [-0.3, -0.25) is 0 Å². The minimum atomic E-state index is -0.893. The number of halogens is 2. The Bertz CT molecular complexity index is 791. The van der Waals surface area contributed by atoms with Gasteiger partial charge in [-0.05, 0) is 6.92 Å². The Morgan fingerprint density at radius 3 is 2.43 bits per heavy atom. The maximum Gasteiger partial charge on any atom is 0.161 e. The van der Waals surface area contributed by atoms with Crippen molar-refractivity contribution in [3.8, 4) is 11.4 Å². The number of rotatable bonds is 3. The van der Waals surface area contributed by atoms with E-state index >= 15 is 0 Å². The van der Waals surface area contributed by atoms with E-state index in [1.165, 1.54) is 6.07 Å². The smallest absolute Gasteiger partial charge is 0.161 e. The lowest BCUT2D eigenvalue weighted by atomic mass is 10.1. The molecule has 0 bridgehead atoms. The highest BCUT2D eigenvalue weighted by Crippen LogP contribution is 2.26. The largest absolute Gasteiger partial charge is 0.329 e. The average molecular weight is 287 g/mol. The van der Waals surface area contributed by atoms with Gasteiger partial charge in [0.15, 0.2) is 11.6 Å². The molecule has 1 heterocycles. The molecule has 0 spiro atoms. The van der Waals surface area contributed by atoms with Crippen molar-refractivity contribution < 1.29 is 8.78 Å². The number of benzene rings is 2. The Hall–Kier alpha value is -2.27. The molecule has 21 heavy (non-hydrogen) atoms. The third-order valence-electron chi connectivity index (χ3n) is 3.45. The quantitative estimate of drug-likeness (QED) is 0.803. The highest BCUT2D eigenvalue weighted by Gasteiger charge is 2.15. The summed E-state index contributed by atoms with van der Waals surface area (Å²) < 4.78 is 28.7. The maximum atomic E-state index is 13.5. The van der Waals surface area contributed by atoms with Gasteiger partial charge in [-0.25, -0.2) is 13.8 Å². The van der Waals surface area contributed by atoms with Crippen LogP contribution in [0.2, 0.25) is 0 Å². The Morgan fingerprint density at radius 1 is 1.10 bits per heavy atom. The summed E-state index contributed by atoms with van der Waals surface area (Å²) in [5.41, 5.74) is 8.64. The molecular formula is C16H15F2N3. The van der Waals surface area contributed by atoms with E-state index in [4.69, 9.17) is 5.73 Å². The summed E-state index contributed by atoms with van der Waals surface area (Å²) in [6, 6.07) is 10.1. The van der Waals surface area contributed by atoms with Crippen LogP contribution in [0.15, 0.2) is 36.4 Å². The van der Waals surface area contributed by atoms with E-state index in [1.807, 2.05) is 35.8 Å². The average Bonchev–Trinajstić information content (AvgIpc) is 2.79. The number of hydrogen-bond acceptors (Lipinski definition) is 2. The molecular weight excluding hydrogens is 272 g/mol. The predicted molar refractivity (Wildman–Crippen MR) is 78.9 cm³/mol. The van der Waals surface area contributed by atoms with Gasteiger partial charge in [-0.15, -0.1) is 0 Å². The van der Waals surface area contributed by atoms with Gasteiger partial charge in [0.25, 0.3) is 0 Å². The third-order valence-corrected chi connectivity index (χ3v) is 3.45. The minimum Gasteiger partial charge on any atom is -0.329 e. The molecule has 3 aromatic rings. The first-order valence-corrected chi connectivity index (χ1v) is 6.72. The summed E-state index contributed by atoms with van der Waals surface area (Å²) in [4.78, 5) is 4.43. The van der Waals surface area contributed by atoms with Crippen LogP contribution in [-0.2, 0) is 6.54 Å². The van der Waals surface area contributed by atoms with Gasteiger partial charge in [-0.1, -0.05) is 29.8 Å². The van der Waals surface area contributed by atoms with Gasteiger partial charge < -0.3 is 10.3 Å². The Labute approximate surface area is 121 Å². The standard InChI is InChI=1S/C16H15F2N3/c1-10-2-4-11(5-3-10)16-20-14-8-12(17)13(18)9-15(14)21(16)7-6-19/h2-5,8-9H,6-7,19H2,1H3. The molecule has 0 aliphatic heterocycles. The van der Waals surface area contributed by atoms with Crippen molar-refractivity contribution in [2.75, 3.05) is 6.54 Å². The fourth-order valence-corrected chi connectivity index (χ4v) is 2.40. The molecule has 0 unspecified atom stereocenters. The zero-order chi connectivity index (χ0) is 15.0. The van der Waals surface area contributed by atoms with Crippen LogP contribution in [0, 0.1) is 18.6 Å². The molecule has 0 aliphatic rings. The summed E-state index contributed by atoms with van der Waals surface area (Å²) in [7, 11) is 0. The summed E-state index contributed by atoms with van der Waals surface area (Å²) in [5.74, 6) is -1.10. The number of nitrogens with zero attached hydrogens (tertiary/aromatic N) is 2. The van der Waals surface area contributed by atoms with Crippen molar-refractivity contribution >= 4 is 11.0 Å². The van der Waals surface area contributed by atoms with E-state index in [0.29, 0.717) is 29.9 Å². The van der Waals surface area contributed by atoms with Gasteiger partial charge in [-0.2, -0.15) is 0 Å². The summed E-state index contributed by atoms with van der Waals surface area (Å²) in [5, 5.41) is 0. The number of hydrogen-bond donors (Lipinski definition) is 1. The monoisotopic (exact) mass is 287 g/mol. The van der Waals surface area contributed by atoms with Crippen LogP contribution in [0.5, 0.6) is 0 Å². The molecule has 0 aliphatic carbocycles. The predicted octanol–water partition coefficient (Wildman–Crippen LogP) is 3.25. The van der Waals surface area contributed by atoms with Crippen LogP contribution in [0.4, 0.5) is 8.78 Å². The maximum absolute atomic E-state index is 13.5. The molecule has 2 aromatic carbocycles. The molecule has 3 rings (SSSR count). The second-order valence-corrected chi connectivity index (χ2v) is 5.00. The first kappa shape index (κ1) is 13.7. The van der Waals surface area contributed by atoms with E-state index in [9.17, 15) is 8.78 Å².